The maximum absolute atomic E-state index is 10.8. The van der Waals surface area contributed by atoms with Crippen LogP contribution in [-0.2, 0) is 0 Å². The number of rotatable bonds is 2. The second-order valence-electron chi connectivity index (χ2n) is 5.32. The van der Waals surface area contributed by atoms with Crippen LogP contribution < -0.4 is 0 Å². The van der Waals surface area contributed by atoms with E-state index in [2.05, 4.69) is 11.1 Å². The van der Waals surface area contributed by atoms with E-state index in [9.17, 15) is 5.11 Å². The molecule has 1 N–H and O–H groups in total. The predicted octanol–water partition coefficient (Wildman–Crippen LogP) is 4.40. The van der Waals surface area contributed by atoms with Crippen molar-refractivity contribution in [2.24, 2.45) is 0 Å². The van der Waals surface area contributed by atoms with E-state index in [-0.39, 0.29) is 0 Å². The summed E-state index contributed by atoms with van der Waals surface area (Å²) < 4.78 is 1.09. The molecule has 2 aromatic heterocycles. The summed E-state index contributed by atoms with van der Waals surface area (Å²) in [7, 11) is 0. The summed E-state index contributed by atoms with van der Waals surface area (Å²) in [5, 5.41) is 23.9. The number of fused-ring (bicyclic) bond motifs is 3. The molecule has 0 saturated heterocycles. The highest BCUT2D eigenvalue weighted by molar-refractivity contribution is 7.18. The average Bonchev–Trinajstić information content (AvgIpc) is 3.10. The third-order valence-corrected chi connectivity index (χ3v) is 4.88. The number of aromatic nitrogens is 1. The molecular formula is C19H12N2OS. The van der Waals surface area contributed by atoms with Gasteiger partial charge in [0, 0.05) is 15.5 Å². The lowest BCUT2D eigenvalue weighted by Gasteiger charge is -2.13. The first-order valence-corrected chi connectivity index (χ1v) is 8.10. The lowest BCUT2D eigenvalue weighted by molar-refractivity contribution is 0.217. The molecule has 0 spiro atoms. The van der Waals surface area contributed by atoms with Crippen LogP contribution in [0.25, 0.3) is 21.0 Å². The Labute approximate surface area is 137 Å². The monoisotopic (exact) mass is 316 g/mol. The Kier molecular flexibility index (Phi) is 3.30. The molecule has 0 aliphatic heterocycles. The van der Waals surface area contributed by atoms with E-state index >= 15 is 0 Å². The molecule has 0 radical (unpaired) electrons. The summed E-state index contributed by atoms with van der Waals surface area (Å²) in [5.74, 6) is 0. The van der Waals surface area contributed by atoms with Gasteiger partial charge in [-0.3, -0.25) is 0 Å². The van der Waals surface area contributed by atoms with Crippen molar-refractivity contribution in [2.45, 2.75) is 6.10 Å². The summed E-state index contributed by atoms with van der Waals surface area (Å²) in [5.41, 5.74) is 2.75. The van der Waals surface area contributed by atoms with Crippen LogP contribution in [0.3, 0.4) is 0 Å². The number of hydrogen-bond donors (Lipinski definition) is 1. The normalized spacial score (nSPS) is 12.3. The van der Waals surface area contributed by atoms with Crippen molar-refractivity contribution in [2.75, 3.05) is 0 Å². The Hall–Kier alpha value is -2.74. The fourth-order valence-corrected chi connectivity index (χ4v) is 3.74. The summed E-state index contributed by atoms with van der Waals surface area (Å²) in [6, 6.07) is 19.1. The zero-order valence-electron chi connectivity index (χ0n) is 12.1. The third-order valence-electron chi connectivity index (χ3n) is 3.93. The first kappa shape index (κ1) is 13.9. The van der Waals surface area contributed by atoms with Gasteiger partial charge in [0.25, 0.3) is 0 Å². The SMILES string of the molecule is N#Cc1ccc2c(c1)nc(C(O)c1ccccc1)c1ccsc12. The molecule has 0 amide bonds. The van der Waals surface area contributed by atoms with Gasteiger partial charge in [-0.25, -0.2) is 4.98 Å². The molecule has 0 bridgehead atoms. The summed E-state index contributed by atoms with van der Waals surface area (Å²) in [6.45, 7) is 0. The largest absolute Gasteiger partial charge is 0.382 e. The van der Waals surface area contributed by atoms with E-state index in [0.717, 1.165) is 26.6 Å². The molecule has 4 rings (SSSR count). The van der Waals surface area contributed by atoms with Crippen LogP contribution >= 0.6 is 11.3 Å². The van der Waals surface area contributed by atoms with Gasteiger partial charge in [0.2, 0.25) is 0 Å². The van der Waals surface area contributed by atoms with Crippen LogP contribution in [0.1, 0.15) is 22.9 Å². The quantitative estimate of drug-likeness (QED) is 0.596. The molecule has 2 heterocycles. The van der Waals surface area contributed by atoms with Gasteiger partial charge in [-0.1, -0.05) is 36.4 Å². The number of aliphatic hydroxyl groups excluding tert-OH is 1. The molecule has 2 aromatic carbocycles. The van der Waals surface area contributed by atoms with E-state index in [4.69, 9.17) is 5.26 Å². The van der Waals surface area contributed by atoms with Gasteiger partial charge in [-0.05, 0) is 29.1 Å². The van der Waals surface area contributed by atoms with Gasteiger partial charge in [-0.2, -0.15) is 5.26 Å². The smallest absolute Gasteiger partial charge is 0.122 e. The number of thiophene rings is 1. The van der Waals surface area contributed by atoms with E-state index in [0.29, 0.717) is 11.3 Å². The van der Waals surface area contributed by atoms with E-state index in [1.807, 2.05) is 47.8 Å². The molecule has 4 heteroatoms. The lowest BCUT2D eigenvalue weighted by Crippen LogP contribution is -2.03. The average molecular weight is 316 g/mol. The number of aliphatic hydroxyl groups is 1. The van der Waals surface area contributed by atoms with Crippen molar-refractivity contribution in [1.82, 2.24) is 4.98 Å². The lowest BCUT2D eigenvalue weighted by atomic mass is 10.0. The van der Waals surface area contributed by atoms with Crippen molar-refractivity contribution in [3.8, 4) is 6.07 Å². The fraction of sp³-hybridized carbons (Fsp3) is 0.0526. The topological polar surface area (TPSA) is 56.9 Å². The van der Waals surface area contributed by atoms with Crippen molar-refractivity contribution in [3.05, 3.63) is 76.8 Å². The van der Waals surface area contributed by atoms with Crippen molar-refractivity contribution >= 4 is 32.3 Å². The van der Waals surface area contributed by atoms with E-state index in [1.54, 1.807) is 23.5 Å². The first-order chi connectivity index (χ1) is 11.3. The summed E-state index contributed by atoms with van der Waals surface area (Å²) >= 11 is 1.62. The van der Waals surface area contributed by atoms with Gasteiger partial charge in [0.05, 0.1) is 22.8 Å². The number of hydrogen-bond acceptors (Lipinski definition) is 4. The molecule has 1 atom stereocenters. The van der Waals surface area contributed by atoms with Crippen LogP contribution in [0.2, 0.25) is 0 Å². The number of pyridine rings is 1. The van der Waals surface area contributed by atoms with Gasteiger partial charge >= 0.3 is 0 Å². The Balaban J connectivity index is 2.01. The Bertz CT molecular complexity index is 1050. The highest BCUT2D eigenvalue weighted by Crippen LogP contribution is 2.35. The van der Waals surface area contributed by atoms with Crippen LogP contribution in [0.4, 0.5) is 0 Å². The standard InChI is InChI=1S/C19H12N2OS/c20-11-12-6-7-14-16(10-12)21-17(15-8-9-23-19(14)15)18(22)13-4-2-1-3-5-13/h1-10,18,22H. The fourth-order valence-electron chi connectivity index (χ4n) is 2.80. The minimum absolute atomic E-state index is 0.570. The van der Waals surface area contributed by atoms with Crippen molar-refractivity contribution < 1.29 is 5.11 Å². The zero-order valence-corrected chi connectivity index (χ0v) is 12.9. The molecule has 0 aliphatic carbocycles. The molecule has 4 aromatic rings. The predicted molar refractivity (Wildman–Crippen MR) is 92.3 cm³/mol. The molecule has 1 unspecified atom stereocenters. The van der Waals surface area contributed by atoms with Crippen LogP contribution in [-0.4, -0.2) is 10.1 Å². The van der Waals surface area contributed by atoms with Crippen molar-refractivity contribution in [3.63, 3.8) is 0 Å². The number of benzene rings is 2. The summed E-state index contributed by atoms with van der Waals surface area (Å²) in [6.07, 6.45) is -0.788. The highest BCUT2D eigenvalue weighted by Gasteiger charge is 2.18. The number of nitrogens with zero attached hydrogens (tertiary/aromatic N) is 2. The maximum Gasteiger partial charge on any atom is 0.122 e. The Morgan fingerprint density at radius 1 is 1.04 bits per heavy atom. The first-order valence-electron chi connectivity index (χ1n) is 7.22. The van der Waals surface area contributed by atoms with Crippen LogP contribution in [0.5, 0.6) is 0 Å². The van der Waals surface area contributed by atoms with Gasteiger partial charge < -0.3 is 5.11 Å². The molecule has 23 heavy (non-hydrogen) atoms. The molecule has 0 saturated carbocycles. The minimum atomic E-state index is -0.788. The molecule has 110 valence electrons. The van der Waals surface area contributed by atoms with Crippen molar-refractivity contribution in [1.29, 1.82) is 5.26 Å². The minimum Gasteiger partial charge on any atom is -0.382 e. The second-order valence-corrected chi connectivity index (χ2v) is 6.23. The molecule has 0 fully saturated rings. The van der Waals surface area contributed by atoms with Crippen LogP contribution in [0.15, 0.2) is 60.0 Å². The molecular weight excluding hydrogens is 304 g/mol. The van der Waals surface area contributed by atoms with Crippen LogP contribution in [0, 0.1) is 11.3 Å². The zero-order chi connectivity index (χ0) is 15.8. The maximum atomic E-state index is 10.8. The molecule has 0 aliphatic rings. The van der Waals surface area contributed by atoms with Gasteiger partial charge in [-0.15, -0.1) is 11.3 Å². The van der Waals surface area contributed by atoms with Gasteiger partial charge in [0.15, 0.2) is 0 Å². The highest BCUT2D eigenvalue weighted by atomic mass is 32.1. The number of nitriles is 1. The van der Waals surface area contributed by atoms with E-state index in [1.165, 1.54) is 0 Å². The third kappa shape index (κ3) is 2.27. The Morgan fingerprint density at radius 3 is 2.65 bits per heavy atom. The second kappa shape index (κ2) is 5.47. The van der Waals surface area contributed by atoms with Gasteiger partial charge in [0.1, 0.15) is 6.10 Å². The van der Waals surface area contributed by atoms with E-state index < -0.39 is 6.10 Å². The molecule has 3 nitrogen and oxygen atoms in total. The Morgan fingerprint density at radius 2 is 1.87 bits per heavy atom. The summed E-state index contributed by atoms with van der Waals surface area (Å²) in [4.78, 5) is 4.67.